The van der Waals surface area contributed by atoms with Crippen molar-refractivity contribution in [1.29, 1.82) is 0 Å². The van der Waals surface area contributed by atoms with Gasteiger partial charge in [-0.3, -0.25) is 15.0 Å². The van der Waals surface area contributed by atoms with Crippen LogP contribution in [0, 0.1) is 11.7 Å². The van der Waals surface area contributed by atoms with Gasteiger partial charge < -0.3 is 10.3 Å². The Labute approximate surface area is 257 Å². The number of pyridine rings is 1. The highest BCUT2D eigenvalue weighted by Crippen LogP contribution is 2.33. The second kappa shape index (κ2) is 12.4. The molecule has 2 aromatic carbocycles. The SMILES string of the molecule is C=C/C(=C\C(=C/C)c1ccc2[nH]nc(-c3nc4c(-c5cc(F)cc(CN6CCCC6)c5)cncc4[nH]3)c2c1)NC(=C)C(C)C. The molecule has 8 heteroatoms. The summed E-state index contributed by atoms with van der Waals surface area (Å²) in [6.07, 6.45) is 11.8. The predicted molar refractivity (Wildman–Crippen MR) is 178 cm³/mol. The lowest BCUT2D eigenvalue weighted by atomic mass is 10.0. The topological polar surface area (TPSA) is 85.5 Å². The van der Waals surface area contributed by atoms with Crippen LogP contribution in [0.2, 0.25) is 0 Å². The van der Waals surface area contributed by atoms with Crippen molar-refractivity contribution in [3.63, 3.8) is 0 Å². The minimum absolute atomic E-state index is 0.257. The number of rotatable bonds is 10. The molecule has 3 N–H and O–H groups in total. The number of nitrogens with one attached hydrogen (secondary N) is 3. The number of allylic oxidation sites excluding steroid dienone is 5. The van der Waals surface area contributed by atoms with Crippen molar-refractivity contribution in [3.8, 4) is 22.6 Å². The summed E-state index contributed by atoms with van der Waals surface area (Å²) in [7, 11) is 0. The first-order valence-electron chi connectivity index (χ1n) is 15.1. The summed E-state index contributed by atoms with van der Waals surface area (Å²) in [6, 6.07) is 11.4. The number of aromatic nitrogens is 5. The van der Waals surface area contributed by atoms with Crippen LogP contribution in [0.25, 0.3) is 50.2 Å². The Morgan fingerprint density at radius 1 is 1.11 bits per heavy atom. The van der Waals surface area contributed by atoms with E-state index in [4.69, 9.17) is 4.98 Å². The number of fused-ring (bicyclic) bond motifs is 2. The molecular formula is C36H38FN7. The average Bonchev–Trinajstić information content (AvgIpc) is 3.78. The summed E-state index contributed by atoms with van der Waals surface area (Å²) in [5.74, 6) is 0.660. The molecule has 1 fully saturated rings. The fourth-order valence-corrected chi connectivity index (χ4v) is 5.70. The number of H-pyrrole nitrogens is 2. The fraction of sp³-hybridized carbons (Fsp3) is 0.250. The van der Waals surface area contributed by atoms with Gasteiger partial charge in [-0.05, 0) is 104 Å². The lowest BCUT2D eigenvalue weighted by Crippen LogP contribution is -2.18. The van der Waals surface area contributed by atoms with Crippen LogP contribution >= 0.6 is 0 Å². The quantitative estimate of drug-likeness (QED) is 0.144. The van der Waals surface area contributed by atoms with Gasteiger partial charge in [0.05, 0.1) is 22.7 Å². The zero-order chi connectivity index (χ0) is 30.8. The van der Waals surface area contributed by atoms with E-state index in [0.29, 0.717) is 17.4 Å². The van der Waals surface area contributed by atoms with E-state index in [2.05, 4.69) is 87.7 Å². The first-order chi connectivity index (χ1) is 21.3. The molecule has 0 atom stereocenters. The molecule has 5 aromatic rings. The number of benzene rings is 2. The number of halogens is 1. The summed E-state index contributed by atoms with van der Waals surface area (Å²) >= 11 is 0. The normalized spacial score (nSPS) is 14.7. The Morgan fingerprint density at radius 2 is 1.93 bits per heavy atom. The molecule has 0 radical (unpaired) electrons. The van der Waals surface area contributed by atoms with Gasteiger partial charge in [-0.15, -0.1) is 0 Å². The van der Waals surface area contributed by atoms with E-state index in [9.17, 15) is 4.39 Å². The van der Waals surface area contributed by atoms with Gasteiger partial charge >= 0.3 is 0 Å². The third kappa shape index (κ3) is 5.98. The summed E-state index contributed by atoms with van der Waals surface area (Å²) < 4.78 is 14.8. The molecule has 0 saturated carbocycles. The van der Waals surface area contributed by atoms with Gasteiger partial charge in [-0.25, -0.2) is 9.37 Å². The fourth-order valence-electron chi connectivity index (χ4n) is 5.70. The molecule has 3 aromatic heterocycles. The highest BCUT2D eigenvalue weighted by atomic mass is 19.1. The molecule has 0 bridgehead atoms. The summed E-state index contributed by atoms with van der Waals surface area (Å²) in [4.78, 5) is 15.2. The van der Waals surface area contributed by atoms with Crippen molar-refractivity contribution in [3.05, 3.63) is 109 Å². The van der Waals surface area contributed by atoms with E-state index in [1.54, 1.807) is 30.6 Å². The van der Waals surface area contributed by atoms with E-state index >= 15 is 0 Å². The number of likely N-dealkylation sites (tertiary alicyclic amines) is 1. The number of aromatic amines is 2. The Hall–Kier alpha value is -4.82. The van der Waals surface area contributed by atoms with E-state index in [0.717, 1.165) is 80.8 Å². The van der Waals surface area contributed by atoms with Crippen LogP contribution in [0.4, 0.5) is 4.39 Å². The Morgan fingerprint density at radius 3 is 2.68 bits per heavy atom. The maximum absolute atomic E-state index is 14.8. The number of hydrogen-bond acceptors (Lipinski definition) is 5. The van der Waals surface area contributed by atoms with Gasteiger partial charge in [-0.2, -0.15) is 5.10 Å². The number of nitrogens with zero attached hydrogens (tertiary/aromatic N) is 4. The smallest absolute Gasteiger partial charge is 0.159 e. The van der Waals surface area contributed by atoms with Crippen LogP contribution in [0.15, 0.2) is 91.6 Å². The largest absolute Gasteiger partial charge is 0.359 e. The van der Waals surface area contributed by atoms with Crippen molar-refractivity contribution in [1.82, 2.24) is 35.4 Å². The molecule has 1 aliphatic heterocycles. The van der Waals surface area contributed by atoms with Gasteiger partial charge in [0.15, 0.2) is 5.82 Å². The standard InChI is InChI=1S/C36H38FN7/c1-6-25(17-29(7-2)39-23(5)22(3)4)26-10-11-32-30(18-26)35(43-42-32)36-40-33-20-38-19-31(34(33)41-36)27-14-24(15-28(37)16-27)21-44-12-8-9-13-44/h6-7,10-11,14-20,22,39H,2,5,8-9,12-13,21H2,1,3-4H3,(H,40,41)(H,42,43)/b25-6+,29-17+. The molecule has 7 nitrogen and oxygen atoms in total. The van der Waals surface area contributed by atoms with Crippen LogP contribution in [0.1, 0.15) is 44.7 Å². The summed E-state index contributed by atoms with van der Waals surface area (Å²) in [5, 5.41) is 12.1. The molecule has 0 amide bonds. The van der Waals surface area contributed by atoms with Gasteiger partial charge in [0.25, 0.3) is 0 Å². The van der Waals surface area contributed by atoms with Crippen LogP contribution in [-0.4, -0.2) is 43.1 Å². The lowest BCUT2D eigenvalue weighted by Gasteiger charge is -2.15. The molecule has 6 rings (SSSR count). The molecule has 4 heterocycles. The summed E-state index contributed by atoms with van der Waals surface area (Å²) in [5.41, 5.74) is 9.46. The van der Waals surface area contributed by atoms with E-state index in [1.807, 2.05) is 13.0 Å². The van der Waals surface area contributed by atoms with E-state index in [-0.39, 0.29) is 5.82 Å². The predicted octanol–water partition coefficient (Wildman–Crippen LogP) is 8.14. The van der Waals surface area contributed by atoms with Crippen LogP contribution < -0.4 is 5.32 Å². The Balaban J connectivity index is 1.36. The molecule has 224 valence electrons. The highest BCUT2D eigenvalue weighted by Gasteiger charge is 2.18. The average molecular weight is 588 g/mol. The third-order valence-electron chi connectivity index (χ3n) is 8.23. The zero-order valence-electron chi connectivity index (χ0n) is 25.5. The highest BCUT2D eigenvalue weighted by molar-refractivity contribution is 5.98. The van der Waals surface area contributed by atoms with Crippen molar-refractivity contribution < 1.29 is 4.39 Å². The van der Waals surface area contributed by atoms with Crippen molar-refractivity contribution in [2.45, 2.75) is 40.2 Å². The minimum Gasteiger partial charge on any atom is -0.359 e. The van der Waals surface area contributed by atoms with E-state index < -0.39 is 0 Å². The van der Waals surface area contributed by atoms with Crippen molar-refractivity contribution in [2.75, 3.05) is 13.1 Å². The molecule has 0 spiro atoms. The Kier molecular flexibility index (Phi) is 8.26. The van der Waals surface area contributed by atoms with Crippen LogP contribution in [-0.2, 0) is 6.54 Å². The van der Waals surface area contributed by atoms with Gasteiger partial charge in [0, 0.05) is 35.1 Å². The molecule has 1 saturated heterocycles. The maximum atomic E-state index is 14.8. The van der Waals surface area contributed by atoms with Crippen molar-refractivity contribution >= 4 is 27.5 Å². The zero-order valence-corrected chi connectivity index (χ0v) is 25.5. The third-order valence-corrected chi connectivity index (χ3v) is 8.23. The Bertz CT molecular complexity index is 1920. The molecule has 1 aliphatic rings. The van der Waals surface area contributed by atoms with Gasteiger partial charge in [0.1, 0.15) is 11.5 Å². The lowest BCUT2D eigenvalue weighted by molar-refractivity contribution is 0.331. The number of imidazole rings is 1. The molecular weight excluding hydrogens is 549 g/mol. The first-order valence-corrected chi connectivity index (χ1v) is 15.1. The summed E-state index contributed by atoms with van der Waals surface area (Å²) in [6.45, 7) is 17.2. The maximum Gasteiger partial charge on any atom is 0.159 e. The van der Waals surface area contributed by atoms with Crippen LogP contribution in [0.3, 0.4) is 0 Å². The van der Waals surface area contributed by atoms with Gasteiger partial charge in [-0.1, -0.05) is 39.1 Å². The van der Waals surface area contributed by atoms with Crippen molar-refractivity contribution in [2.24, 2.45) is 5.92 Å². The van der Waals surface area contributed by atoms with E-state index in [1.165, 1.54) is 12.8 Å². The number of hydrogen-bond donors (Lipinski definition) is 3. The molecule has 0 aliphatic carbocycles. The monoisotopic (exact) mass is 587 g/mol. The van der Waals surface area contributed by atoms with Crippen LogP contribution in [0.5, 0.6) is 0 Å². The molecule has 0 unspecified atom stereocenters. The van der Waals surface area contributed by atoms with Gasteiger partial charge in [0.2, 0.25) is 0 Å². The molecule has 44 heavy (non-hydrogen) atoms. The minimum atomic E-state index is -0.257. The second-order valence-electron chi connectivity index (χ2n) is 11.7. The second-order valence-corrected chi connectivity index (χ2v) is 11.7. The first kappa shape index (κ1) is 29.3.